The zero-order valence-corrected chi connectivity index (χ0v) is 17.2. The Bertz CT molecular complexity index is 822. The summed E-state index contributed by atoms with van der Waals surface area (Å²) in [6.45, 7) is 7.33. The van der Waals surface area contributed by atoms with Crippen molar-refractivity contribution in [3.8, 4) is 0 Å². The molecule has 0 unspecified atom stereocenters. The zero-order chi connectivity index (χ0) is 21.2. The van der Waals surface area contributed by atoms with E-state index in [2.05, 4.69) is 17.1 Å². The highest BCUT2D eigenvalue weighted by atomic mass is 19.3. The van der Waals surface area contributed by atoms with Crippen molar-refractivity contribution in [3.63, 3.8) is 0 Å². The second-order valence-electron chi connectivity index (χ2n) is 7.91. The number of halogens is 2. The van der Waals surface area contributed by atoms with E-state index in [1.807, 2.05) is 0 Å². The highest BCUT2D eigenvalue weighted by molar-refractivity contribution is 6.07. The van der Waals surface area contributed by atoms with Gasteiger partial charge in [-0.2, -0.15) is 0 Å². The van der Waals surface area contributed by atoms with Crippen LogP contribution in [0.4, 0.5) is 8.78 Å². The van der Waals surface area contributed by atoms with Gasteiger partial charge in [-0.05, 0) is 31.5 Å². The molecule has 1 amide bonds. The number of carbonyl (C=O) groups is 2. The minimum Gasteiger partial charge on any atom is -0.450 e. The van der Waals surface area contributed by atoms with Crippen LogP contribution in [-0.4, -0.2) is 48.6 Å². The van der Waals surface area contributed by atoms with E-state index in [9.17, 15) is 18.4 Å². The lowest BCUT2D eigenvalue weighted by molar-refractivity contribution is -0.150. The molecule has 0 aromatic heterocycles. The summed E-state index contributed by atoms with van der Waals surface area (Å²) in [5, 5.41) is 2.85. The quantitative estimate of drug-likeness (QED) is 0.738. The number of rotatable bonds is 6. The minimum absolute atomic E-state index is 0.0451. The van der Waals surface area contributed by atoms with Crippen molar-refractivity contribution >= 4 is 11.9 Å². The van der Waals surface area contributed by atoms with Crippen LogP contribution in [-0.2, 0) is 26.7 Å². The molecule has 5 nitrogen and oxygen atoms in total. The van der Waals surface area contributed by atoms with Gasteiger partial charge in [-0.3, -0.25) is 4.79 Å². The number of hydrogen-bond acceptors (Lipinski definition) is 4. The van der Waals surface area contributed by atoms with E-state index in [0.29, 0.717) is 37.0 Å². The van der Waals surface area contributed by atoms with Gasteiger partial charge >= 0.3 is 5.97 Å². The molecular formula is C22H28F2N2O3. The normalized spacial score (nSPS) is 19.6. The molecule has 3 rings (SSSR count). The Kier molecular flexibility index (Phi) is 6.08. The van der Waals surface area contributed by atoms with E-state index >= 15 is 0 Å². The number of likely N-dealkylation sites (tertiary alicyclic amines) is 1. The van der Waals surface area contributed by atoms with Crippen LogP contribution in [0.1, 0.15) is 44.7 Å². The fourth-order valence-electron chi connectivity index (χ4n) is 4.12. The summed E-state index contributed by atoms with van der Waals surface area (Å²) in [7, 11) is 0. The number of esters is 1. The first-order chi connectivity index (χ1) is 13.7. The highest BCUT2D eigenvalue weighted by Crippen LogP contribution is 2.41. The van der Waals surface area contributed by atoms with E-state index in [-0.39, 0.29) is 11.5 Å². The van der Waals surface area contributed by atoms with Gasteiger partial charge in [0.05, 0.1) is 5.57 Å². The van der Waals surface area contributed by atoms with E-state index in [4.69, 9.17) is 4.74 Å². The van der Waals surface area contributed by atoms with Crippen LogP contribution < -0.4 is 5.32 Å². The molecule has 0 atom stereocenters. The summed E-state index contributed by atoms with van der Waals surface area (Å²) in [6, 6.07) is 6.21. The molecule has 1 aromatic carbocycles. The third kappa shape index (κ3) is 4.50. The number of carbonyl (C=O) groups excluding carboxylic acids is 2. The minimum atomic E-state index is -2.90. The van der Waals surface area contributed by atoms with Crippen LogP contribution in [0.15, 0.2) is 35.4 Å². The van der Waals surface area contributed by atoms with Crippen molar-refractivity contribution in [2.45, 2.75) is 51.6 Å². The number of ether oxygens (including phenoxy) is 1. The lowest BCUT2D eigenvalue weighted by atomic mass is 9.82. The molecule has 1 aromatic rings. The predicted octanol–water partition coefficient (Wildman–Crippen LogP) is 3.18. The number of nitrogens with one attached hydrogen (secondary N) is 1. The lowest BCUT2D eigenvalue weighted by Crippen LogP contribution is -2.48. The lowest BCUT2D eigenvalue weighted by Gasteiger charge is -2.39. The molecule has 0 radical (unpaired) electrons. The fraction of sp³-hybridized carbons (Fsp3) is 0.545. The average Bonchev–Trinajstić information content (AvgIpc) is 2.91. The molecule has 29 heavy (non-hydrogen) atoms. The third-order valence-corrected chi connectivity index (χ3v) is 5.90. The second kappa shape index (κ2) is 8.22. The Labute approximate surface area is 170 Å². The first-order valence-corrected chi connectivity index (χ1v) is 10.1. The summed E-state index contributed by atoms with van der Waals surface area (Å²) in [6.07, 6.45) is 1.62. The van der Waals surface area contributed by atoms with Gasteiger partial charge in [-0.25, -0.2) is 13.6 Å². The number of alkyl halides is 2. The van der Waals surface area contributed by atoms with Crippen LogP contribution in [0.3, 0.4) is 0 Å². The summed E-state index contributed by atoms with van der Waals surface area (Å²) in [5.74, 6) is -3.64. The fourth-order valence-corrected chi connectivity index (χ4v) is 4.12. The summed E-state index contributed by atoms with van der Waals surface area (Å²) >= 11 is 0. The molecule has 1 spiro atoms. The Morgan fingerprint density at radius 1 is 1.31 bits per heavy atom. The van der Waals surface area contributed by atoms with Gasteiger partial charge in [0.25, 0.3) is 11.8 Å². The molecule has 0 aliphatic carbocycles. The molecule has 2 heterocycles. The van der Waals surface area contributed by atoms with Gasteiger partial charge < -0.3 is 15.0 Å². The average molecular weight is 406 g/mol. The van der Waals surface area contributed by atoms with Gasteiger partial charge in [-0.15, -0.1) is 0 Å². The first-order valence-electron chi connectivity index (χ1n) is 10.1. The molecule has 0 bridgehead atoms. The van der Waals surface area contributed by atoms with Gasteiger partial charge in [0.15, 0.2) is 0 Å². The van der Waals surface area contributed by atoms with Crippen molar-refractivity contribution in [2.24, 2.45) is 0 Å². The van der Waals surface area contributed by atoms with Crippen LogP contribution in [0.2, 0.25) is 0 Å². The number of hydrogen-bond donors (Lipinski definition) is 1. The van der Waals surface area contributed by atoms with Crippen molar-refractivity contribution in [3.05, 3.63) is 46.5 Å². The maximum absolute atomic E-state index is 13.5. The number of benzene rings is 1. The molecule has 0 saturated carbocycles. The largest absolute Gasteiger partial charge is 0.450 e. The molecule has 158 valence electrons. The summed E-state index contributed by atoms with van der Waals surface area (Å²) < 4.78 is 32.7. The van der Waals surface area contributed by atoms with Crippen LogP contribution in [0.25, 0.3) is 0 Å². The number of amides is 1. The molecular weight excluding hydrogens is 378 g/mol. The highest BCUT2D eigenvalue weighted by Gasteiger charge is 2.50. The summed E-state index contributed by atoms with van der Waals surface area (Å²) in [4.78, 5) is 27.4. The van der Waals surface area contributed by atoms with E-state index in [0.717, 1.165) is 32.1 Å². The maximum atomic E-state index is 13.5. The second-order valence-corrected chi connectivity index (χ2v) is 7.91. The van der Waals surface area contributed by atoms with Crippen LogP contribution >= 0.6 is 0 Å². The Morgan fingerprint density at radius 2 is 2.00 bits per heavy atom. The molecule has 1 fully saturated rings. The Balaban J connectivity index is 1.66. The topological polar surface area (TPSA) is 58.6 Å². The standard InChI is InChI=1S/C22H28F2N2O3/c1-4-26-12-9-22(10-13-26)18(15(2)20(28)29-22)19(27)25-11-8-16-6-5-7-17(14-16)21(3,23)24/h5-7,14H,4,8-13H2,1-3H3,(H,25,27). The Hall–Kier alpha value is -2.28. The smallest absolute Gasteiger partial charge is 0.335 e. The number of nitrogens with zero attached hydrogens (tertiary/aromatic N) is 1. The van der Waals surface area contributed by atoms with E-state index in [1.54, 1.807) is 19.1 Å². The van der Waals surface area contributed by atoms with Gasteiger partial charge in [0.1, 0.15) is 5.60 Å². The van der Waals surface area contributed by atoms with E-state index in [1.165, 1.54) is 12.1 Å². The zero-order valence-electron chi connectivity index (χ0n) is 17.2. The first kappa shape index (κ1) is 21.4. The van der Waals surface area contributed by atoms with Crippen molar-refractivity contribution in [1.29, 1.82) is 0 Å². The van der Waals surface area contributed by atoms with Gasteiger partial charge in [0, 0.05) is 50.5 Å². The van der Waals surface area contributed by atoms with Crippen molar-refractivity contribution < 1.29 is 23.1 Å². The molecule has 1 N–H and O–H groups in total. The molecule has 2 aliphatic rings. The SMILES string of the molecule is CCN1CCC2(CC1)OC(=O)C(C)=C2C(=O)NCCc1cccc(C(C)(F)F)c1. The monoisotopic (exact) mass is 406 g/mol. The molecule has 7 heteroatoms. The predicted molar refractivity (Wildman–Crippen MR) is 106 cm³/mol. The third-order valence-electron chi connectivity index (χ3n) is 5.90. The maximum Gasteiger partial charge on any atom is 0.335 e. The van der Waals surface area contributed by atoms with Crippen molar-refractivity contribution in [1.82, 2.24) is 10.2 Å². The Morgan fingerprint density at radius 3 is 2.62 bits per heavy atom. The molecule has 2 aliphatic heterocycles. The van der Waals surface area contributed by atoms with Gasteiger partial charge in [-0.1, -0.05) is 25.1 Å². The molecule has 1 saturated heterocycles. The van der Waals surface area contributed by atoms with Crippen LogP contribution in [0, 0.1) is 0 Å². The van der Waals surface area contributed by atoms with E-state index < -0.39 is 17.5 Å². The number of piperidine rings is 1. The summed E-state index contributed by atoms with van der Waals surface area (Å²) in [5.41, 5.74) is 0.615. The van der Waals surface area contributed by atoms with Crippen molar-refractivity contribution in [2.75, 3.05) is 26.2 Å². The van der Waals surface area contributed by atoms with Gasteiger partial charge in [0.2, 0.25) is 0 Å². The van der Waals surface area contributed by atoms with Crippen LogP contribution in [0.5, 0.6) is 0 Å².